The number of rotatable bonds is 3. The second-order valence-electron chi connectivity index (χ2n) is 3.24. The number of ether oxygens (including phenoxy) is 1. The average Bonchev–Trinajstić information content (AvgIpc) is 2.59. The van der Waals surface area contributed by atoms with Gasteiger partial charge in [-0.15, -0.1) is 0 Å². The van der Waals surface area contributed by atoms with Crippen LogP contribution in [0.2, 0.25) is 0 Å². The van der Waals surface area contributed by atoms with Crippen molar-refractivity contribution in [1.29, 1.82) is 0 Å². The van der Waals surface area contributed by atoms with Crippen LogP contribution in [0.25, 0.3) is 0 Å². The third-order valence-electron chi connectivity index (χ3n) is 2.01. The molecule has 2 N–H and O–H groups in total. The number of carbonyl (C=O) groups is 2. The number of nitrogens with one attached hydrogen (secondary N) is 2. The highest BCUT2D eigenvalue weighted by Crippen LogP contribution is 2.03. The van der Waals surface area contributed by atoms with Crippen LogP contribution < -0.4 is 10.6 Å². The number of imide groups is 1. The molecule has 0 aliphatic carbocycles. The van der Waals surface area contributed by atoms with Crippen molar-refractivity contribution in [3.63, 3.8) is 0 Å². The van der Waals surface area contributed by atoms with Crippen molar-refractivity contribution in [2.75, 3.05) is 0 Å². The lowest BCUT2D eigenvalue weighted by molar-refractivity contribution is -0.115. The number of carbonyl (C=O) groups excluding carboxylic acids is 2. The predicted octanol–water partition coefficient (Wildman–Crippen LogP) is 0.884. The molecule has 0 bridgehead atoms. The van der Waals surface area contributed by atoms with E-state index in [1.165, 1.54) is 6.26 Å². The maximum Gasteiger partial charge on any atom is 0.326 e. The highest BCUT2D eigenvalue weighted by Gasteiger charge is 2.23. The van der Waals surface area contributed by atoms with Crippen LogP contribution in [0, 0.1) is 0 Å². The summed E-state index contributed by atoms with van der Waals surface area (Å²) < 4.78 is 5.18. The van der Waals surface area contributed by atoms with E-state index < -0.39 is 11.9 Å². The fourth-order valence-corrected chi connectivity index (χ4v) is 1.26. The first-order chi connectivity index (χ1) is 7.75. The Bertz CT molecular complexity index is 440. The second kappa shape index (κ2) is 4.48. The van der Waals surface area contributed by atoms with Crippen molar-refractivity contribution in [2.24, 2.45) is 0 Å². The minimum absolute atomic E-state index is 0.126. The molecule has 0 radical (unpaired) electrons. The van der Waals surface area contributed by atoms with Crippen LogP contribution in [0.15, 0.2) is 42.3 Å². The number of hydrogen-bond donors (Lipinski definition) is 2. The Morgan fingerprint density at radius 2 is 1.88 bits per heavy atom. The van der Waals surface area contributed by atoms with Crippen molar-refractivity contribution in [3.05, 3.63) is 47.9 Å². The molecule has 1 aliphatic rings. The Hall–Kier alpha value is -2.30. The third-order valence-corrected chi connectivity index (χ3v) is 2.01. The molecule has 0 unspecified atom stereocenters. The van der Waals surface area contributed by atoms with E-state index in [9.17, 15) is 9.59 Å². The minimum Gasteiger partial charge on any atom is -0.494 e. The maximum absolute atomic E-state index is 11.1. The summed E-state index contributed by atoms with van der Waals surface area (Å²) in [6, 6.07) is 9.00. The van der Waals surface area contributed by atoms with Crippen LogP contribution in [-0.4, -0.2) is 11.9 Å². The van der Waals surface area contributed by atoms with E-state index in [1.807, 2.05) is 30.3 Å². The number of amides is 3. The predicted molar refractivity (Wildman–Crippen MR) is 56.0 cm³/mol. The van der Waals surface area contributed by atoms with Crippen LogP contribution in [0.1, 0.15) is 5.56 Å². The van der Waals surface area contributed by atoms with Crippen molar-refractivity contribution in [1.82, 2.24) is 10.6 Å². The van der Waals surface area contributed by atoms with E-state index in [0.717, 1.165) is 5.56 Å². The van der Waals surface area contributed by atoms with Crippen LogP contribution in [0.4, 0.5) is 4.79 Å². The Morgan fingerprint density at radius 3 is 2.50 bits per heavy atom. The van der Waals surface area contributed by atoms with E-state index in [1.54, 1.807) is 0 Å². The van der Waals surface area contributed by atoms with Gasteiger partial charge in [-0.1, -0.05) is 30.3 Å². The zero-order chi connectivity index (χ0) is 11.4. The maximum atomic E-state index is 11.1. The van der Waals surface area contributed by atoms with E-state index in [0.29, 0.717) is 6.61 Å². The van der Waals surface area contributed by atoms with Gasteiger partial charge in [0.15, 0.2) is 0 Å². The Kier molecular flexibility index (Phi) is 2.86. The first-order valence-electron chi connectivity index (χ1n) is 4.74. The third kappa shape index (κ3) is 2.38. The SMILES string of the molecule is O=C1NC(=O)/C(=C/OCc2ccccc2)N1. The van der Waals surface area contributed by atoms with Crippen molar-refractivity contribution in [3.8, 4) is 0 Å². The van der Waals surface area contributed by atoms with Gasteiger partial charge in [0.05, 0.1) is 0 Å². The van der Waals surface area contributed by atoms with Gasteiger partial charge in [0.2, 0.25) is 0 Å². The molecule has 1 saturated heterocycles. The van der Waals surface area contributed by atoms with Gasteiger partial charge in [-0.05, 0) is 5.56 Å². The summed E-state index contributed by atoms with van der Waals surface area (Å²) >= 11 is 0. The molecule has 5 heteroatoms. The lowest BCUT2D eigenvalue weighted by atomic mass is 10.2. The standard InChI is InChI=1S/C11H10N2O3/c14-10-9(12-11(15)13-10)7-16-6-8-4-2-1-3-5-8/h1-5,7H,6H2,(H2,12,13,14,15)/b9-7-. The number of urea groups is 1. The molecule has 0 saturated carbocycles. The molecule has 1 heterocycles. The average molecular weight is 218 g/mol. The highest BCUT2D eigenvalue weighted by atomic mass is 16.5. The van der Waals surface area contributed by atoms with Crippen LogP contribution in [0.3, 0.4) is 0 Å². The van der Waals surface area contributed by atoms with Crippen molar-refractivity contribution >= 4 is 11.9 Å². The summed E-state index contributed by atoms with van der Waals surface area (Å²) in [6.07, 6.45) is 1.24. The molecule has 1 aliphatic heterocycles. The van der Waals surface area contributed by atoms with Gasteiger partial charge in [0.25, 0.3) is 5.91 Å². The van der Waals surface area contributed by atoms with Gasteiger partial charge >= 0.3 is 6.03 Å². The van der Waals surface area contributed by atoms with E-state index >= 15 is 0 Å². The molecule has 5 nitrogen and oxygen atoms in total. The molecular weight excluding hydrogens is 208 g/mol. The molecule has 0 aromatic heterocycles. The lowest BCUT2D eigenvalue weighted by Crippen LogP contribution is -2.22. The largest absolute Gasteiger partial charge is 0.494 e. The molecule has 0 spiro atoms. The number of benzene rings is 1. The first kappa shape index (κ1) is 10.2. The second-order valence-corrected chi connectivity index (χ2v) is 3.24. The zero-order valence-electron chi connectivity index (χ0n) is 8.40. The summed E-state index contributed by atoms with van der Waals surface area (Å²) in [5.74, 6) is -0.474. The summed E-state index contributed by atoms with van der Waals surface area (Å²) in [5.41, 5.74) is 1.12. The van der Waals surface area contributed by atoms with Gasteiger partial charge in [-0.3, -0.25) is 10.1 Å². The molecule has 0 atom stereocenters. The molecule has 2 rings (SSSR count). The minimum atomic E-state index is -0.528. The van der Waals surface area contributed by atoms with Crippen LogP contribution >= 0.6 is 0 Å². The fraction of sp³-hybridized carbons (Fsp3) is 0.0909. The van der Waals surface area contributed by atoms with Gasteiger partial charge in [-0.25, -0.2) is 4.79 Å². The van der Waals surface area contributed by atoms with Gasteiger partial charge in [0, 0.05) is 0 Å². The molecule has 82 valence electrons. The molecule has 3 amide bonds. The van der Waals surface area contributed by atoms with E-state index in [-0.39, 0.29) is 5.70 Å². The van der Waals surface area contributed by atoms with Gasteiger partial charge in [-0.2, -0.15) is 0 Å². The van der Waals surface area contributed by atoms with Gasteiger partial charge < -0.3 is 10.1 Å². The molecule has 16 heavy (non-hydrogen) atoms. The van der Waals surface area contributed by atoms with E-state index in [2.05, 4.69) is 10.6 Å². The lowest BCUT2D eigenvalue weighted by Gasteiger charge is -2.01. The van der Waals surface area contributed by atoms with Crippen LogP contribution in [0.5, 0.6) is 0 Å². The fourth-order valence-electron chi connectivity index (χ4n) is 1.26. The molecule has 1 aromatic carbocycles. The van der Waals surface area contributed by atoms with Crippen molar-refractivity contribution < 1.29 is 14.3 Å². The monoisotopic (exact) mass is 218 g/mol. The topological polar surface area (TPSA) is 67.4 Å². The van der Waals surface area contributed by atoms with E-state index in [4.69, 9.17) is 4.74 Å². The Balaban J connectivity index is 1.90. The number of hydrogen-bond acceptors (Lipinski definition) is 3. The molecule has 1 aromatic rings. The van der Waals surface area contributed by atoms with Gasteiger partial charge in [0.1, 0.15) is 18.6 Å². The quantitative estimate of drug-likeness (QED) is 0.449. The molecule has 1 fully saturated rings. The Morgan fingerprint density at radius 1 is 1.12 bits per heavy atom. The summed E-state index contributed by atoms with van der Waals surface area (Å²) in [7, 11) is 0. The van der Waals surface area contributed by atoms with Crippen molar-refractivity contribution in [2.45, 2.75) is 6.61 Å². The van der Waals surface area contributed by atoms with Crippen LogP contribution in [-0.2, 0) is 16.1 Å². The zero-order valence-corrected chi connectivity index (χ0v) is 8.40. The smallest absolute Gasteiger partial charge is 0.326 e. The Labute approximate surface area is 92.1 Å². The highest BCUT2D eigenvalue weighted by molar-refractivity contribution is 6.11. The summed E-state index contributed by atoms with van der Waals surface area (Å²) in [4.78, 5) is 21.8. The molecular formula is C11H10N2O3. The first-order valence-corrected chi connectivity index (χ1v) is 4.74. The summed E-state index contributed by atoms with van der Waals surface area (Å²) in [5, 5.41) is 4.40. The summed E-state index contributed by atoms with van der Waals surface area (Å²) in [6.45, 7) is 0.355. The normalized spacial score (nSPS) is 17.1.